The van der Waals surface area contributed by atoms with E-state index in [2.05, 4.69) is 21.2 Å². The topological polar surface area (TPSA) is 83.5 Å². The van der Waals surface area contributed by atoms with Gasteiger partial charge in [0.05, 0.1) is 11.3 Å². The highest BCUT2D eigenvalue weighted by Gasteiger charge is 2.20. The molecule has 0 heterocycles. The standard InChI is InChI=1S/C14H16BrNO4/c1-8(2)3-6-12(17)16-11-5-4-9(15)7-10(11)13(18)14(19)20/h4-5,7-8H,3,6H2,1-2H3,(H,16,17)(H,19,20). The molecule has 0 saturated heterocycles. The van der Waals surface area contributed by atoms with Gasteiger partial charge >= 0.3 is 5.97 Å². The molecule has 1 aromatic carbocycles. The molecule has 2 N–H and O–H groups in total. The van der Waals surface area contributed by atoms with Gasteiger partial charge < -0.3 is 10.4 Å². The largest absolute Gasteiger partial charge is 0.475 e. The third kappa shape index (κ3) is 4.77. The number of hydrogen-bond donors (Lipinski definition) is 2. The molecule has 0 aliphatic rings. The number of carboxylic acid groups (broad SMARTS) is 1. The number of aliphatic carboxylic acids is 1. The van der Waals surface area contributed by atoms with E-state index in [1.165, 1.54) is 12.1 Å². The first-order valence-corrected chi connectivity index (χ1v) is 6.97. The Bertz CT molecular complexity index is 540. The number of carbonyl (C=O) groups excluding carboxylic acids is 2. The van der Waals surface area contributed by atoms with Gasteiger partial charge in [-0.05, 0) is 30.5 Å². The van der Waals surface area contributed by atoms with Crippen LogP contribution < -0.4 is 5.32 Å². The van der Waals surface area contributed by atoms with E-state index in [1.54, 1.807) is 6.07 Å². The Morgan fingerprint density at radius 3 is 2.50 bits per heavy atom. The molecule has 0 fully saturated rings. The molecule has 108 valence electrons. The third-order valence-electron chi connectivity index (χ3n) is 2.64. The second kappa shape index (κ2) is 7.19. The van der Waals surface area contributed by atoms with Crippen molar-refractivity contribution in [2.75, 3.05) is 5.32 Å². The van der Waals surface area contributed by atoms with Gasteiger partial charge in [-0.25, -0.2) is 4.79 Å². The molecule has 0 unspecified atom stereocenters. The minimum Gasteiger partial charge on any atom is -0.475 e. The van der Waals surface area contributed by atoms with Crippen molar-refractivity contribution in [2.24, 2.45) is 5.92 Å². The van der Waals surface area contributed by atoms with Gasteiger partial charge in [0, 0.05) is 10.9 Å². The molecule has 0 saturated carbocycles. The number of halogens is 1. The van der Waals surface area contributed by atoms with E-state index in [0.29, 0.717) is 16.8 Å². The number of ketones is 1. The summed E-state index contributed by atoms with van der Waals surface area (Å²) in [5.41, 5.74) is 0.180. The fraction of sp³-hybridized carbons (Fsp3) is 0.357. The first-order valence-electron chi connectivity index (χ1n) is 6.18. The van der Waals surface area contributed by atoms with Gasteiger partial charge in [-0.15, -0.1) is 0 Å². The van der Waals surface area contributed by atoms with E-state index in [4.69, 9.17) is 5.11 Å². The molecule has 1 amide bonds. The van der Waals surface area contributed by atoms with Crippen LogP contribution in [0, 0.1) is 5.92 Å². The predicted octanol–water partition coefficient (Wildman–Crippen LogP) is 3.09. The second-order valence-electron chi connectivity index (χ2n) is 4.80. The van der Waals surface area contributed by atoms with Crippen molar-refractivity contribution in [1.29, 1.82) is 0 Å². The summed E-state index contributed by atoms with van der Waals surface area (Å²) in [6, 6.07) is 4.53. The van der Waals surface area contributed by atoms with E-state index in [-0.39, 0.29) is 17.2 Å². The fourth-order valence-corrected chi connectivity index (χ4v) is 1.92. The highest BCUT2D eigenvalue weighted by atomic mass is 79.9. The summed E-state index contributed by atoms with van der Waals surface area (Å²) in [6.45, 7) is 4.01. The van der Waals surface area contributed by atoms with Gasteiger partial charge in [0.1, 0.15) is 0 Å². The summed E-state index contributed by atoms with van der Waals surface area (Å²) < 4.78 is 0.572. The third-order valence-corrected chi connectivity index (χ3v) is 3.14. The van der Waals surface area contributed by atoms with Crippen LogP contribution in [0.1, 0.15) is 37.0 Å². The van der Waals surface area contributed by atoms with Crippen molar-refractivity contribution in [3.05, 3.63) is 28.2 Å². The number of amides is 1. The van der Waals surface area contributed by atoms with Gasteiger partial charge in [-0.1, -0.05) is 29.8 Å². The van der Waals surface area contributed by atoms with Crippen molar-refractivity contribution in [1.82, 2.24) is 0 Å². The number of nitrogens with one attached hydrogen (secondary N) is 1. The number of hydrogen-bond acceptors (Lipinski definition) is 3. The van der Waals surface area contributed by atoms with Crippen LogP contribution in [0.25, 0.3) is 0 Å². The number of Topliss-reactive ketones (excluding diaryl/α,β-unsaturated/α-hetero) is 1. The SMILES string of the molecule is CC(C)CCC(=O)Nc1ccc(Br)cc1C(=O)C(=O)O. The van der Waals surface area contributed by atoms with Gasteiger partial charge in [-0.3, -0.25) is 9.59 Å². The summed E-state index contributed by atoms with van der Waals surface area (Å²) in [5, 5.41) is 11.4. The summed E-state index contributed by atoms with van der Waals surface area (Å²) >= 11 is 3.17. The highest BCUT2D eigenvalue weighted by molar-refractivity contribution is 9.10. The van der Waals surface area contributed by atoms with Crippen LogP contribution in [-0.2, 0) is 9.59 Å². The molecule has 5 nitrogen and oxygen atoms in total. The lowest BCUT2D eigenvalue weighted by atomic mass is 10.1. The van der Waals surface area contributed by atoms with Crippen LogP contribution in [0.4, 0.5) is 5.69 Å². The number of benzene rings is 1. The molecule has 0 radical (unpaired) electrons. The maximum atomic E-state index is 11.8. The Kier molecular flexibility index (Phi) is 5.88. The molecule has 20 heavy (non-hydrogen) atoms. The van der Waals surface area contributed by atoms with Crippen molar-refractivity contribution < 1.29 is 19.5 Å². The number of carboxylic acids is 1. The number of carbonyl (C=O) groups is 3. The zero-order valence-electron chi connectivity index (χ0n) is 11.3. The molecule has 1 aromatic rings. The second-order valence-corrected chi connectivity index (χ2v) is 5.72. The number of anilines is 1. The van der Waals surface area contributed by atoms with E-state index in [0.717, 1.165) is 6.42 Å². The molecule has 0 aromatic heterocycles. The van der Waals surface area contributed by atoms with Crippen molar-refractivity contribution >= 4 is 39.3 Å². The molecule has 0 aliphatic heterocycles. The van der Waals surface area contributed by atoms with Crippen LogP contribution in [-0.4, -0.2) is 22.8 Å². The first-order chi connectivity index (χ1) is 9.31. The highest BCUT2D eigenvalue weighted by Crippen LogP contribution is 2.22. The Hall–Kier alpha value is -1.69. The Balaban J connectivity index is 2.92. The van der Waals surface area contributed by atoms with Crippen LogP contribution in [0.3, 0.4) is 0 Å². The summed E-state index contributed by atoms with van der Waals surface area (Å²) in [4.78, 5) is 34.1. The van der Waals surface area contributed by atoms with E-state index in [1.807, 2.05) is 13.8 Å². The zero-order chi connectivity index (χ0) is 15.3. The van der Waals surface area contributed by atoms with E-state index < -0.39 is 11.8 Å². The average molecular weight is 342 g/mol. The normalized spacial score (nSPS) is 10.4. The quantitative estimate of drug-likeness (QED) is 0.615. The van der Waals surface area contributed by atoms with E-state index in [9.17, 15) is 14.4 Å². The molecule has 0 atom stereocenters. The average Bonchev–Trinajstić information content (AvgIpc) is 2.37. The van der Waals surface area contributed by atoms with Crippen LogP contribution in [0.15, 0.2) is 22.7 Å². The van der Waals surface area contributed by atoms with Crippen molar-refractivity contribution in [3.63, 3.8) is 0 Å². The lowest BCUT2D eigenvalue weighted by molar-refractivity contribution is -0.131. The van der Waals surface area contributed by atoms with Crippen LogP contribution in [0.5, 0.6) is 0 Å². The summed E-state index contributed by atoms with van der Waals surface area (Å²) in [7, 11) is 0. The maximum Gasteiger partial charge on any atom is 0.377 e. The summed E-state index contributed by atoms with van der Waals surface area (Å²) in [6.07, 6.45) is 1.05. The van der Waals surface area contributed by atoms with Crippen molar-refractivity contribution in [2.45, 2.75) is 26.7 Å². The summed E-state index contributed by atoms with van der Waals surface area (Å²) in [5.74, 6) is -2.45. The zero-order valence-corrected chi connectivity index (χ0v) is 12.9. The smallest absolute Gasteiger partial charge is 0.377 e. The monoisotopic (exact) mass is 341 g/mol. The Morgan fingerprint density at radius 1 is 1.30 bits per heavy atom. The maximum absolute atomic E-state index is 11.8. The molecule has 0 spiro atoms. The van der Waals surface area contributed by atoms with Crippen LogP contribution in [0.2, 0.25) is 0 Å². The lowest BCUT2D eigenvalue weighted by Gasteiger charge is -2.10. The molecule has 0 bridgehead atoms. The first kappa shape index (κ1) is 16.4. The number of rotatable bonds is 6. The van der Waals surface area contributed by atoms with Crippen molar-refractivity contribution in [3.8, 4) is 0 Å². The molecule has 1 rings (SSSR count). The molecule has 6 heteroatoms. The minimum atomic E-state index is -1.55. The van der Waals surface area contributed by atoms with Gasteiger partial charge in [0.25, 0.3) is 5.78 Å². The minimum absolute atomic E-state index is 0.0372. The molecule has 0 aliphatic carbocycles. The predicted molar refractivity (Wildman–Crippen MR) is 78.8 cm³/mol. The molecular weight excluding hydrogens is 326 g/mol. The fourth-order valence-electron chi connectivity index (χ4n) is 1.56. The Morgan fingerprint density at radius 2 is 1.95 bits per heavy atom. The lowest BCUT2D eigenvalue weighted by Crippen LogP contribution is -2.18. The van der Waals surface area contributed by atoms with E-state index >= 15 is 0 Å². The van der Waals surface area contributed by atoms with Gasteiger partial charge in [0.2, 0.25) is 5.91 Å². The Labute approximate surface area is 125 Å². The van der Waals surface area contributed by atoms with Gasteiger partial charge in [0.15, 0.2) is 0 Å². The van der Waals surface area contributed by atoms with Gasteiger partial charge in [-0.2, -0.15) is 0 Å². The molecular formula is C14H16BrNO4. The van der Waals surface area contributed by atoms with Crippen LogP contribution >= 0.6 is 15.9 Å².